The van der Waals surface area contributed by atoms with Crippen molar-refractivity contribution in [3.63, 3.8) is 0 Å². The Hall–Kier alpha value is -0.250. The van der Waals surface area contributed by atoms with Crippen molar-refractivity contribution < 1.29 is 9.47 Å². The number of hydrogen-bond acceptors (Lipinski definition) is 2. The summed E-state index contributed by atoms with van der Waals surface area (Å²) in [5.41, 5.74) is 2.38. The third-order valence-corrected chi connectivity index (χ3v) is 4.73. The zero-order valence-corrected chi connectivity index (χ0v) is 12.5. The van der Waals surface area contributed by atoms with Crippen LogP contribution < -0.4 is 4.74 Å². The van der Waals surface area contributed by atoms with E-state index in [0.717, 1.165) is 54.9 Å². The molecule has 2 heterocycles. The van der Waals surface area contributed by atoms with Crippen LogP contribution in [0, 0.1) is 5.92 Å². The molecule has 3 rings (SSSR count). The van der Waals surface area contributed by atoms with Gasteiger partial charge in [0.2, 0.25) is 0 Å². The lowest BCUT2D eigenvalue weighted by atomic mass is 9.92. The Morgan fingerprint density at radius 1 is 1.33 bits per heavy atom. The summed E-state index contributed by atoms with van der Waals surface area (Å²) < 4.78 is 12.4. The summed E-state index contributed by atoms with van der Waals surface area (Å²) in [5.74, 6) is 1.40. The lowest BCUT2D eigenvalue weighted by Crippen LogP contribution is -2.21. The quantitative estimate of drug-likeness (QED) is 0.760. The predicted octanol–water partition coefficient (Wildman–Crippen LogP) is 4.09. The first kappa shape index (κ1) is 12.8. The molecule has 2 unspecified atom stereocenters. The first-order chi connectivity index (χ1) is 8.75. The van der Waals surface area contributed by atoms with Gasteiger partial charge in [-0.05, 0) is 30.5 Å². The van der Waals surface area contributed by atoms with E-state index in [1.165, 1.54) is 5.56 Å². The van der Waals surface area contributed by atoms with Gasteiger partial charge < -0.3 is 9.47 Å². The second-order valence-electron chi connectivity index (χ2n) is 4.96. The van der Waals surface area contributed by atoms with E-state index < -0.39 is 0 Å². The molecule has 98 valence electrons. The molecule has 0 aromatic heterocycles. The molecule has 0 radical (unpaired) electrons. The second-order valence-corrected chi connectivity index (χ2v) is 6.35. The summed E-state index contributed by atoms with van der Waals surface area (Å²) >= 11 is 10.2. The molecule has 1 fully saturated rings. The van der Waals surface area contributed by atoms with Crippen LogP contribution >= 0.6 is 27.5 Å². The summed E-state index contributed by atoms with van der Waals surface area (Å²) in [6.45, 7) is 2.40. The van der Waals surface area contributed by atoms with Gasteiger partial charge in [0, 0.05) is 29.0 Å². The van der Waals surface area contributed by atoms with Crippen molar-refractivity contribution in [2.24, 2.45) is 5.92 Å². The topological polar surface area (TPSA) is 18.5 Å². The van der Waals surface area contributed by atoms with Crippen LogP contribution in [0.15, 0.2) is 16.6 Å². The molecule has 1 saturated heterocycles. The fourth-order valence-corrected chi connectivity index (χ4v) is 3.64. The summed E-state index contributed by atoms with van der Waals surface area (Å²) in [6.07, 6.45) is 3.22. The predicted molar refractivity (Wildman–Crippen MR) is 75.5 cm³/mol. The molecule has 4 heteroatoms. The van der Waals surface area contributed by atoms with Gasteiger partial charge in [-0.15, -0.1) is 11.6 Å². The third-order valence-electron chi connectivity index (χ3n) is 3.68. The van der Waals surface area contributed by atoms with E-state index in [-0.39, 0.29) is 5.38 Å². The number of alkyl halides is 1. The van der Waals surface area contributed by atoms with Crippen molar-refractivity contribution in [1.82, 2.24) is 0 Å². The molecule has 2 aliphatic heterocycles. The summed E-state index contributed by atoms with van der Waals surface area (Å²) in [7, 11) is 0. The van der Waals surface area contributed by atoms with Crippen molar-refractivity contribution in [3.8, 4) is 5.75 Å². The van der Waals surface area contributed by atoms with Crippen molar-refractivity contribution in [1.29, 1.82) is 0 Å². The molecule has 2 atom stereocenters. The highest BCUT2D eigenvalue weighted by atomic mass is 79.9. The van der Waals surface area contributed by atoms with Crippen LogP contribution in [0.5, 0.6) is 5.75 Å². The highest BCUT2D eigenvalue weighted by molar-refractivity contribution is 9.10. The normalized spacial score (nSPS) is 24.4. The molecule has 1 aromatic rings. The minimum Gasteiger partial charge on any atom is -0.493 e. The van der Waals surface area contributed by atoms with Gasteiger partial charge in [-0.1, -0.05) is 15.9 Å². The Bertz CT molecular complexity index is 444. The minimum absolute atomic E-state index is 0.0188. The maximum atomic E-state index is 6.66. The largest absolute Gasteiger partial charge is 0.493 e. The molecule has 0 amide bonds. The Morgan fingerprint density at radius 3 is 3.00 bits per heavy atom. The van der Waals surface area contributed by atoms with Crippen LogP contribution in [0.1, 0.15) is 29.3 Å². The van der Waals surface area contributed by atoms with E-state index in [2.05, 4.69) is 28.1 Å². The molecule has 0 spiro atoms. The molecule has 0 aliphatic carbocycles. The van der Waals surface area contributed by atoms with Crippen LogP contribution in [-0.4, -0.2) is 19.8 Å². The van der Waals surface area contributed by atoms with Gasteiger partial charge in [-0.3, -0.25) is 0 Å². The summed E-state index contributed by atoms with van der Waals surface area (Å²) in [6, 6.07) is 4.23. The highest BCUT2D eigenvalue weighted by Gasteiger charge is 2.29. The average molecular weight is 332 g/mol. The summed E-state index contributed by atoms with van der Waals surface area (Å²) in [5, 5.41) is -0.0188. The third kappa shape index (κ3) is 2.40. The standard InChI is InChI=1S/C14H16BrClO2/c15-11-6-9-3-5-18-14(9)12(7-11)13(16)10-2-1-4-17-8-10/h6-7,10,13H,1-5,8H2. The van der Waals surface area contributed by atoms with Crippen LogP contribution in [0.3, 0.4) is 0 Å². The Balaban J connectivity index is 1.91. The molecule has 18 heavy (non-hydrogen) atoms. The lowest BCUT2D eigenvalue weighted by molar-refractivity contribution is 0.0529. The van der Waals surface area contributed by atoms with Crippen molar-refractivity contribution in [3.05, 3.63) is 27.7 Å². The summed E-state index contributed by atoms with van der Waals surface area (Å²) in [4.78, 5) is 0. The number of hydrogen-bond donors (Lipinski definition) is 0. The fourth-order valence-electron chi connectivity index (χ4n) is 2.75. The van der Waals surface area contributed by atoms with E-state index in [9.17, 15) is 0 Å². The van der Waals surface area contributed by atoms with E-state index in [1.54, 1.807) is 0 Å². The number of fused-ring (bicyclic) bond motifs is 1. The molecule has 0 bridgehead atoms. The van der Waals surface area contributed by atoms with Gasteiger partial charge in [0.05, 0.1) is 18.6 Å². The maximum absolute atomic E-state index is 6.66. The smallest absolute Gasteiger partial charge is 0.127 e. The molecular weight excluding hydrogens is 316 g/mol. The van der Waals surface area contributed by atoms with Crippen molar-refractivity contribution >= 4 is 27.5 Å². The van der Waals surface area contributed by atoms with E-state index in [1.807, 2.05) is 0 Å². The zero-order valence-electron chi connectivity index (χ0n) is 10.1. The molecule has 1 aromatic carbocycles. The van der Waals surface area contributed by atoms with Crippen LogP contribution in [0.25, 0.3) is 0 Å². The fraction of sp³-hybridized carbons (Fsp3) is 0.571. The van der Waals surface area contributed by atoms with E-state index in [4.69, 9.17) is 21.1 Å². The van der Waals surface area contributed by atoms with Gasteiger partial charge >= 0.3 is 0 Å². The van der Waals surface area contributed by atoms with Gasteiger partial charge in [0.1, 0.15) is 5.75 Å². The Morgan fingerprint density at radius 2 is 2.22 bits per heavy atom. The van der Waals surface area contributed by atoms with Gasteiger partial charge in [0.25, 0.3) is 0 Å². The number of ether oxygens (including phenoxy) is 2. The number of halogens is 2. The molecule has 2 nitrogen and oxygen atoms in total. The number of benzene rings is 1. The molecule has 0 saturated carbocycles. The van der Waals surface area contributed by atoms with E-state index >= 15 is 0 Å². The van der Waals surface area contributed by atoms with Crippen molar-refractivity contribution in [2.45, 2.75) is 24.6 Å². The monoisotopic (exact) mass is 330 g/mol. The van der Waals surface area contributed by atoms with Crippen LogP contribution in [-0.2, 0) is 11.2 Å². The SMILES string of the molecule is ClC(c1cc(Br)cc2c1OCC2)C1CCCOC1. The molecular formula is C14H16BrClO2. The Labute approximate surface area is 121 Å². The van der Waals surface area contributed by atoms with Crippen LogP contribution in [0.4, 0.5) is 0 Å². The average Bonchev–Trinajstić information content (AvgIpc) is 2.86. The zero-order chi connectivity index (χ0) is 12.5. The van der Waals surface area contributed by atoms with Gasteiger partial charge in [0.15, 0.2) is 0 Å². The Kier molecular flexibility index (Phi) is 3.83. The number of rotatable bonds is 2. The maximum Gasteiger partial charge on any atom is 0.127 e. The first-order valence-corrected chi connectivity index (χ1v) is 7.65. The molecule has 0 N–H and O–H groups in total. The van der Waals surface area contributed by atoms with Gasteiger partial charge in [-0.2, -0.15) is 0 Å². The van der Waals surface area contributed by atoms with E-state index in [0.29, 0.717) is 5.92 Å². The van der Waals surface area contributed by atoms with Crippen molar-refractivity contribution in [2.75, 3.05) is 19.8 Å². The lowest BCUT2D eigenvalue weighted by Gasteiger charge is -2.27. The highest BCUT2D eigenvalue weighted by Crippen LogP contribution is 2.43. The minimum atomic E-state index is -0.0188. The molecule has 2 aliphatic rings. The second kappa shape index (κ2) is 5.40. The van der Waals surface area contributed by atoms with Crippen LogP contribution in [0.2, 0.25) is 0 Å². The first-order valence-electron chi connectivity index (χ1n) is 6.42. The van der Waals surface area contributed by atoms with Gasteiger partial charge in [-0.25, -0.2) is 0 Å².